The van der Waals surface area contributed by atoms with Crippen molar-refractivity contribution < 1.29 is 24.2 Å². The van der Waals surface area contributed by atoms with E-state index in [0.717, 1.165) is 11.8 Å². The summed E-state index contributed by atoms with van der Waals surface area (Å²) < 4.78 is 11.0. The molecule has 0 aromatic heterocycles. The molecule has 1 saturated heterocycles. The lowest BCUT2D eigenvalue weighted by Crippen LogP contribution is -2.49. The summed E-state index contributed by atoms with van der Waals surface area (Å²) in [5, 5.41) is 8.80. The molecule has 5 heteroatoms. The Morgan fingerprint density at radius 2 is 1.70 bits per heavy atom. The summed E-state index contributed by atoms with van der Waals surface area (Å²) in [6.45, 7) is 0. The minimum Gasteiger partial charge on any atom is -0.481 e. The van der Waals surface area contributed by atoms with Crippen molar-refractivity contribution in [2.45, 2.75) is 50.9 Å². The Hall–Kier alpha value is -1.10. The second kappa shape index (κ2) is 4.45. The van der Waals surface area contributed by atoms with Crippen LogP contribution >= 0.6 is 0 Å². The first-order chi connectivity index (χ1) is 9.60. The second-order valence-electron chi connectivity index (χ2n) is 7.04. The molecule has 4 aliphatic carbocycles. The lowest BCUT2D eigenvalue weighted by atomic mass is 9.51. The van der Waals surface area contributed by atoms with Crippen molar-refractivity contribution in [1.29, 1.82) is 0 Å². The highest BCUT2D eigenvalue weighted by molar-refractivity contribution is 5.82. The zero-order valence-electron chi connectivity index (χ0n) is 11.4. The molecule has 4 saturated carbocycles. The molecule has 5 nitrogen and oxygen atoms in total. The van der Waals surface area contributed by atoms with Crippen molar-refractivity contribution in [2.24, 2.45) is 29.6 Å². The minimum absolute atomic E-state index is 0.289. The van der Waals surface area contributed by atoms with E-state index >= 15 is 0 Å². The van der Waals surface area contributed by atoms with E-state index in [1.807, 2.05) is 0 Å². The standard InChI is InChI=1S/C15H20O5/c16-12(17)6-11-14(18)20-15(19-11)13-9-2-7-1-8(4-9)5-10(13)3-7/h7-11,13,15H,1-6H2,(H,16,17). The number of rotatable bonds is 3. The van der Waals surface area contributed by atoms with Gasteiger partial charge in [-0.3, -0.25) is 4.79 Å². The number of hydrogen-bond acceptors (Lipinski definition) is 4. The van der Waals surface area contributed by atoms with Crippen molar-refractivity contribution in [3.8, 4) is 0 Å². The number of aliphatic carboxylic acids is 1. The number of carbonyl (C=O) groups excluding carboxylic acids is 1. The quantitative estimate of drug-likeness (QED) is 0.798. The van der Waals surface area contributed by atoms with Crippen LogP contribution in [0.25, 0.3) is 0 Å². The third kappa shape index (κ3) is 1.94. The van der Waals surface area contributed by atoms with Gasteiger partial charge in [-0.15, -0.1) is 0 Å². The summed E-state index contributed by atoms with van der Waals surface area (Å²) >= 11 is 0. The molecule has 5 aliphatic rings. The van der Waals surface area contributed by atoms with Gasteiger partial charge in [0, 0.05) is 5.92 Å². The average Bonchev–Trinajstić information content (AvgIpc) is 2.68. The van der Waals surface area contributed by atoms with Crippen LogP contribution in [0.1, 0.15) is 38.5 Å². The number of carboxylic acid groups (broad SMARTS) is 1. The number of ether oxygens (including phenoxy) is 2. The van der Waals surface area contributed by atoms with E-state index in [9.17, 15) is 9.59 Å². The molecule has 0 aromatic carbocycles. The molecule has 1 aliphatic heterocycles. The summed E-state index contributed by atoms with van der Waals surface area (Å²) in [6.07, 6.45) is 4.63. The molecule has 1 N–H and O–H groups in total. The summed E-state index contributed by atoms with van der Waals surface area (Å²) in [5.41, 5.74) is 0. The van der Waals surface area contributed by atoms with Gasteiger partial charge in [0.25, 0.3) is 0 Å². The Morgan fingerprint density at radius 3 is 2.25 bits per heavy atom. The maximum atomic E-state index is 11.7. The van der Waals surface area contributed by atoms with Crippen LogP contribution in [-0.4, -0.2) is 29.4 Å². The van der Waals surface area contributed by atoms with Gasteiger partial charge in [-0.05, 0) is 55.8 Å². The van der Waals surface area contributed by atoms with E-state index in [2.05, 4.69) is 0 Å². The monoisotopic (exact) mass is 280 g/mol. The van der Waals surface area contributed by atoms with Gasteiger partial charge >= 0.3 is 11.9 Å². The Labute approximate surface area is 117 Å². The molecule has 4 bridgehead atoms. The first-order valence-corrected chi connectivity index (χ1v) is 7.68. The summed E-state index contributed by atoms with van der Waals surface area (Å²) in [4.78, 5) is 22.5. The lowest BCUT2D eigenvalue weighted by Gasteiger charge is -2.55. The molecular weight excluding hydrogens is 260 g/mol. The SMILES string of the molecule is O=C(O)CC1OC(C2C3CC4CC(C3)CC2C4)OC1=O. The molecular formula is C15H20O5. The highest BCUT2D eigenvalue weighted by Gasteiger charge is 2.54. The molecule has 0 amide bonds. The predicted octanol–water partition coefficient (Wildman–Crippen LogP) is 1.80. The first kappa shape index (κ1) is 12.6. The van der Waals surface area contributed by atoms with E-state index < -0.39 is 24.3 Å². The van der Waals surface area contributed by atoms with Crippen molar-refractivity contribution in [1.82, 2.24) is 0 Å². The van der Waals surface area contributed by atoms with Crippen LogP contribution in [0, 0.1) is 29.6 Å². The van der Waals surface area contributed by atoms with Crippen molar-refractivity contribution in [2.75, 3.05) is 0 Å². The predicted molar refractivity (Wildman–Crippen MR) is 67.5 cm³/mol. The number of hydrogen-bond donors (Lipinski definition) is 1. The van der Waals surface area contributed by atoms with Crippen LogP contribution in [0.4, 0.5) is 0 Å². The van der Waals surface area contributed by atoms with Crippen LogP contribution < -0.4 is 0 Å². The van der Waals surface area contributed by atoms with Gasteiger partial charge in [0.1, 0.15) is 0 Å². The highest BCUT2D eigenvalue weighted by Crippen LogP contribution is 2.58. The normalized spacial score (nSPS) is 49.4. The van der Waals surface area contributed by atoms with Crippen LogP contribution in [0.2, 0.25) is 0 Å². The molecule has 0 spiro atoms. The fraction of sp³-hybridized carbons (Fsp3) is 0.867. The van der Waals surface area contributed by atoms with Gasteiger partial charge in [-0.25, -0.2) is 4.79 Å². The molecule has 5 rings (SSSR count). The maximum Gasteiger partial charge on any atom is 0.338 e. The van der Waals surface area contributed by atoms with Crippen molar-refractivity contribution in [3.63, 3.8) is 0 Å². The average molecular weight is 280 g/mol. The number of carbonyl (C=O) groups is 2. The molecule has 5 fully saturated rings. The number of esters is 1. The van der Waals surface area contributed by atoms with E-state index in [1.54, 1.807) is 0 Å². The summed E-state index contributed by atoms with van der Waals surface area (Å²) in [5.74, 6) is 1.72. The van der Waals surface area contributed by atoms with Crippen molar-refractivity contribution in [3.05, 3.63) is 0 Å². The Bertz CT molecular complexity index is 418. The zero-order chi connectivity index (χ0) is 13.9. The first-order valence-electron chi connectivity index (χ1n) is 7.68. The van der Waals surface area contributed by atoms with E-state index in [4.69, 9.17) is 14.6 Å². The Balaban J connectivity index is 1.49. The van der Waals surface area contributed by atoms with Crippen molar-refractivity contribution >= 4 is 11.9 Å². The molecule has 110 valence electrons. The highest BCUT2D eigenvalue weighted by atomic mass is 16.8. The van der Waals surface area contributed by atoms with Crippen LogP contribution in [0.5, 0.6) is 0 Å². The Kier molecular flexibility index (Phi) is 2.81. The van der Waals surface area contributed by atoms with Gasteiger partial charge in [-0.2, -0.15) is 0 Å². The van der Waals surface area contributed by atoms with Crippen LogP contribution in [0.15, 0.2) is 0 Å². The minimum atomic E-state index is -1.02. The molecule has 1 heterocycles. The van der Waals surface area contributed by atoms with Crippen LogP contribution in [-0.2, 0) is 19.1 Å². The summed E-state index contributed by atoms with van der Waals surface area (Å²) in [6, 6.07) is 0. The third-order valence-electron chi connectivity index (χ3n) is 5.77. The number of carboxylic acids is 1. The fourth-order valence-corrected chi connectivity index (χ4v) is 5.31. The van der Waals surface area contributed by atoms with E-state index in [-0.39, 0.29) is 6.42 Å². The zero-order valence-corrected chi connectivity index (χ0v) is 11.4. The smallest absolute Gasteiger partial charge is 0.338 e. The fourth-order valence-electron chi connectivity index (χ4n) is 5.31. The largest absolute Gasteiger partial charge is 0.481 e. The second-order valence-corrected chi connectivity index (χ2v) is 7.04. The molecule has 2 atom stereocenters. The van der Waals surface area contributed by atoms with Gasteiger partial charge in [0.05, 0.1) is 6.42 Å². The van der Waals surface area contributed by atoms with E-state index in [0.29, 0.717) is 17.8 Å². The van der Waals surface area contributed by atoms with Crippen LogP contribution in [0.3, 0.4) is 0 Å². The van der Waals surface area contributed by atoms with Gasteiger partial charge < -0.3 is 14.6 Å². The topological polar surface area (TPSA) is 72.8 Å². The molecule has 20 heavy (non-hydrogen) atoms. The molecule has 0 aromatic rings. The molecule has 0 radical (unpaired) electrons. The summed E-state index contributed by atoms with van der Waals surface area (Å²) in [7, 11) is 0. The number of cyclic esters (lactones) is 1. The lowest BCUT2D eigenvalue weighted by molar-refractivity contribution is -0.180. The third-order valence-corrected chi connectivity index (χ3v) is 5.77. The van der Waals surface area contributed by atoms with E-state index in [1.165, 1.54) is 32.1 Å². The van der Waals surface area contributed by atoms with Gasteiger partial charge in [0.2, 0.25) is 6.29 Å². The molecule has 2 unspecified atom stereocenters. The van der Waals surface area contributed by atoms with Gasteiger partial charge in [0.15, 0.2) is 6.10 Å². The van der Waals surface area contributed by atoms with Gasteiger partial charge in [-0.1, -0.05) is 0 Å². The maximum absolute atomic E-state index is 11.7. The Morgan fingerprint density at radius 1 is 1.10 bits per heavy atom.